The quantitative estimate of drug-likeness (QED) is 0.824. The van der Waals surface area contributed by atoms with Crippen molar-refractivity contribution in [3.05, 3.63) is 21.9 Å². The molecule has 1 amide bonds. The fourth-order valence-corrected chi connectivity index (χ4v) is 2.26. The molecule has 2 rings (SSSR count). The van der Waals surface area contributed by atoms with Gasteiger partial charge < -0.3 is 10.6 Å². The lowest BCUT2D eigenvalue weighted by molar-refractivity contribution is -0.120. The van der Waals surface area contributed by atoms with Gasteiger partial charge in [-0.15, -0.1) is 0 Å². The predicted octanol–water partition coefficient (Wildman–Crippen LogP) is 2.44. The Morgan fingerprint density at radius 2 is 2.47 bits per heavy atom. The Bertz CT molecular complexity index is 421. The van der Waals surface area contributed by atoms with Crippen LogP contribution in [-0.4, -0.2) is 24.0 Å². The van der Waals surface area contributed by atoms with E-state index in [4.69, 9.17) is 11.6 Å². The van der Waals surface area contributed by atoms with E-state index in [-0.39, 0.29) is 11.8 Å². The first-order valence-corrected chi connectivity index (χ1v) is 6.66. The summed E-state index contributed by atoms with van der Waals surface area (Å²) in [6.07, 6.45) is 3.53. The van der Waals surface area contributed by atoms with Crippen LogP contribution in [0, 0.1) is 5.92 Å². The average molecular weight is 319 g/mol. The van der Waals surface area contributed by atoms with Gasteiger partial charge in [0.25, 0.3) is 0 Å². The normalized spacial score (nSPS) is 20.0. The van der Waals surface area contributed by atoms with Gasteiger partial charge in [-0.25, -0.2) is 4.98 Å². The lowest BCUT2D eigenvalue weighted by Crippen LogP contribution is -2.37. The SMILES string of the molecule is O=C(Nc1cnc(Cl)c(Br)c1)[C@H]1CCCNC1. The van der Waals surface area contributed by atoms with Gasteiger partial charge in [-0.05, 0) is 41.4 Å². The maximum atomic E-state index is 11.9. The third-order valence-electron chi connectivity index (χ3n) is 2.73. The van der Waals surface area contributed by atoms with Gasteiger partial charge in [0.05, 0.1) is 22.3 Å². The van der Waals surface area contributed by atoms with Crippen LogP contribution in [0.4, 0.5) is 5.69 Å². The van der Waals surface area contributed by atoms with E-state index in [1.165, 1.54) is 0 Å². The highest BCUT2D eigenvalue weighted by Gasteiger charge is 2.20. The van der Waals surface area contributed by atoms with Gasteiger partial charge in [0.15, 0.2) is 0 Å². The molecule has 0 unspecified atom stereocenters. The number of nitrogens with one attached hydrogen (secondary N) is 2. The highest BCUT2D eigenvalue weighted by Crippen LogP contribution is 2.23. The molecule has 2 heterocycles. The van der Waals surface area contributed by atoms with E-state index in [1.807, 2.05) is 0 Å². The summed E-state index contributed by atoms with van der Waals surface area (Å²) in [4.78, 5) is 15.9. The van der Waals surface area contributed by atoms with Crippen molar-refractivity contribution in [3.63, 3.8) is 0 Å². The monoisotopic (exact) mass is 317 g/mol. The van der Waals surface area contributed by atoms with Crippen LogP contribution >= 0.6 is 27.5 Å². The van der Waals surface area contributed by atoms with Crippen molar-refractivity contribution in [1.82, 2.24) is 10.3 Å². The molecule has 4 nitrogen and oxygen atoms in total. The molecule has 0 radical (unpaired) electrons. The van der Waals surface area contributed by atoms with Crippen LogP contribution in [0.15, 0.2) is 16.7 Å². The summed E-state index contributed by atoms with van der Waals surface area (Å²) in [7, 11) is 0. The zero-order valence-corrected chi connectivity index (χ0v) is 11.5. The van der Waals surface area contributed by atoms with Crippen LogP contribution in [0.1, 0.15) is 12.8 Å². The highest BCUT2D eigenvalue weighted by molar-refractivity contribution is 9.10. The van der Waals surface area contributed by atoms with Gasteiger partial charge in [-0.3, -0.25) is 4.79 Å². The average Bonchev–Trinajstić information content (AvgIpc) is 2.35. The van der Waals surface area contributed by atoms with E-state index in [0.717, 1.165) is 25.9 Å². The molecule has 0 spiro atoms. The van der Waals surface area contributed by atoms with Crippen molar-refractivity contribution in [2.75, 3.05) is 18.4 Å². The molecule has 2 N–H and O–H groups in total. The second kappa shape index (κ2) is 5.80. The molecule has 0 saturated carbocycles. The molecule has 0 aliphatic carbocycles. The minimum absolute atomic E-state index is 0.0354. The first-order valence-electron chi connectivity index (χ1n) is 5.49. The van der Waals surface area contributed by atoms with E-state index in [9.17, 15) is 4.79 Å². The predicted molar refractivity (Wildman–Crippen MR) is 71.2 cm³/mol. The smallest absolute Gasteiger partial charge is 0.228 e. The minimum atomic E-state index is 0.0354. The van der Waals surface area contributed by atoms with Gasteiger partial charge in [0.1, 0.15) is 5.15 Å². The highest BCUT2D eigenvalue weighted by atomic mass is 79.9. The summed E-state index contributed by atoms with van der Waals surface area (Å²) in [5, 5.41) is 6.46. The molecule has 1 atom stereocenters. The zero-order chi connectivity index (χ0) is 12.3. The van der Waals surface area contributed by atoms with E-state index in [0.29, 0.717) is 15.3 Å². The van der Waals surface area contributed by atoms with Crippen LogP contribution in [-0.2, 0) is 4.79 Å². The number of rotatable bonds is 2. The summed E-state index contributed by atoms with van der Waals surface area (Å²) in [6, 6.07) is 1.75. The molecule has 6 heteroatoms. The van der Waals surface area contributed by atoms with E-state index >= 15 is 0 Å². The second-order valence-corrected chi connectivity index (χ2v) is 5.24. The summed E-state index contributed by atoms with van der Waals surface area (Å²) in [5.74, 6) is 0.0754. The maximum Gasteiger partial charge on any atom is 0.228 e. The number of hydrogen-bond donors (Lipinski definition) is 2. The van der Waals surface area contributed by atoms with Crippen LogP contribution in [0.3, 0.4) is 0 Å². The van der Waals surface area contributed by atoms with Crippen molar-refractivity contribution < 1.29 is 4.79 Å². The maximum absolute atomic E-state index is 11.9. The van der Waals surface area contributed by atoms with E-state index < -0.39 is 0 Å². The summed E-state index contributed by atoms with van der Waals surface area (Å²) in [6.45, 7) is 1.74. The van der Waals surface area contributed by atoms with Crippen LogP contribution in [0.5, 0.6) is 0 Å². The third-order valence-corrected chi connectivity index (χ3v) is 3.87. The number of carbonyl (C=O) groups excluding carboxylic acids is 1. The fraction of sp³-hybridized carbons (Fsp3) is 0.455. The largest absolute Gasteiger partial charge is 0.324 e. The number of amides is 1. The molecule has 1 aliphatic rings. The number of nitrogens with zero attached hydrogens (tertiary/aromatic N) is 1. The van der Waals surface area contributed by atoms with E-state index in [2.05, 4.69) is 31.5 Å². The van der Waals surface area contributed by atoms with E-state index in [1.54, 1.807) is 12.3 Å². The van der Waals surface area contributed by atoms with Gasteiger partial charge in [-0.2, -0.15) is 0 Å². The van der Waals surface area contributed by atoms with Crippen molar-refractivity contribution in [3.8, 4) is 0 Å². The standard InChI is InChI=1S/C11H13BrClN3O/c12-9-4-8(6-15-10(9)13)16-11(17)7-2-1-3-14-5-7/h4,6-7,14H,1-3,5H2,(H,16,17)/t7-/m0/s1. The molecule has 0 aromatic carbocycles. The minimum Gasteiger partial charge on any atom is -0.324 e. The van der Waals surface area contributed by atoms with Gasteiger partial charge >= 0.3 is 0 Å². The Kier molecular flexibility index (Phi) is 4.36. The number of pyridine rings is 1. The van der Waals surface area contributed by atoms with Gasteiger partial charge in [0, 0.05) is 6.54 Å². The molecule has 92 valence electrons. The first kappa shape index (κ1) is 12.8. The Labute approximate surface area is 113 Å². The Balaban J connectivity index is 1.99. The van der Waals surface area contributed by atoms with Gasteiger partial charge in [0.2, 0.25) is 5.91 Å². The Morgan fingerprint density at radius 1 is 1.65 bits per heavy atom. The molecule has 17 heavy (non-hydrogen) atoms. The van der Waals surface area contributed by atoms with Crippen molar-refractivity contribution >= 4 is 39.1 Å². The number of hydrogen-bond acceptors (Lipinski definition) is 3. The van der Waals surface area contributed by atoms with Crippen LogP contribution in [0.2, 0.25) is 5.15 Å². The molecule has 1 aromatic heterocycles. The molecular weight excluding hydrogens is 305 g/mol. The van der Waals surface area contributed by atoms with Crippen molar-refractivity contribution in [1.29, 1.82) is 0 Å². The number of aromatic nitrogens is 1. The van der Waals surface area contributed by atoms with Crippen molar-refractivity contribution in [2.45, 2.75) is 12.8 Å². The number of anilines is 1. The Hall–Kier alpha value is -0.650. The second-order valence-electron chi connectivity index (χ2n) is 4.03. The van der Waals surface area contributed by atoms with Crippen molar-refractivity contribution in [2.24, 2.45) is 5.92 Å². The third kappa shape index (κ3) is 3.40. The summed E-state index contributed by atoms with van der Waals surface area (Å²) < 4.78 is 0.679. The first-order chi connectivity index (χ1) is 8.16. The summed E-state index contributed by atoms with van der Waals surface area (Å²) >= 11 is 9.06. The lowest BCUT2D eigenvalue weighted by atomic mass is 9.99. The topological polar surface area (TPSA) is 54.0 Å². The molecule has 1 aliphatic heterocycles. The molecule has 1 aromatic rings. The fourth-order valence-electron chi connectivity index (χ4n) is 1.81. The van der Waals surface area contributed by atoms with Crippen LogP contribution in [0.25, 0.3) is 0 Å². The summed E-state index contributed by atoms with van der Waals surface area (Å²) in [5.41, 5.74) is 0.664. The molecule has 1 saturated heterocycles. The molecule has 1 fully saturated rings. The zero-order valence-electron chi connectivity index (χ0n) is 9.17. The van der Waals surface area contributed by atoms with Crippen LogP contribution < -0.4 is 10.6 Å². The number of halogens is 2. The lowest BCUT2D eigenvalue weighted by Gasteiger charge is -2.21. The Morgan fingerprint density at radius 3 is 3.12 bits per heavy atom. The number of carbonyl (C=O) groups is 1. The molecule has 0 bridgehead atoms. The molecular formula is C11H13BrClN3O. The number of piperidine rings is 1. The van der Waals surface area contributed by atoms with Gasteiger partial charge in [-0.1, -0.05) is 11.6 Å².